The van der Waals surface area contributed by atoms with Crippen LogP contribution in [0.15, 0.2) is 0 Å². The van der Waals surface area contributed by atoms with Gasteiger partial charge in [0.1, 0.15) is 0 Å². The van der Waals surface area contributed by atoms with Crippen molar-refractivity contribution in [2.45, 2.75) is 59.3 Å². The van der Waals surface area contributed by atoms with Gasteiger partial charge in [-0.1, -0.05) is 27.2 Å². The molecule has 2 heterocycles. The number of rotatable bonds is 4. The molecule has 4 heteroatoms. The van der Waals surface area contributed by atoms with Gasteiger partial charge in [-0.2, -0.15) is 0 Å². The lowest BCUT2D eigenvalue weighted by molar-refractivity contribution is -0.134. The Hall–Kier alpha value is -0.280. The summed E-state index contributed by atoms with van der Waals surface area (Å²) in [6.45, 7) is 11.1. The molecule has 2 aliphatic rings. The number of hydrogen-bond acceptors (Lipinski definition) is 2. The molecule has 0 spiro atoms. The quantitative estimate of drug-likeness (QED) is 0.861. The highest BCUT2D eigenvalue weighted by atomic mass is 35.5. The summed E-state index contributed by atoms with van der Waals surface area (Å²) in [7, 11) is 0. The number of nitrogens with zero attached hydrogens (tertiary/aromatic N) is 1. The van der Waals surface area contributed by atoms with Crippen molar-refractivity contribution in [3.63, 3.8) is 0 Å². The van der Waals surface area contributed by atoms with Crippen LogP contribution in [0.2, 0.25) is 0 Å². The average molecular weight is 317 g/mol. The van der Waals surface area contributed by atoms with Crippen molar-refractivity contribution in [3.05, 3.63) is 0 Å². The van der Waals surface area contributed by atoms with E-state index in [1.54, 1.807) is 0 Å². The number of halogens is 1. The first-order valence-electron chi connectivity index (χ1n) is 8.52. The van der Waals surface area contributed by atoms with Gasteiger partial charge in [0, 0.05) is 19.5 Å². The molecule has 1 N–H and O–H groups in total. The lowest BCUT2D eigenvalue weighted by Crippen LogP contribution is -2.43. The van der Waals surface area contributed by atoms with Crippen molar-refractivity contribution >= 4 is 18.3 Å². The van der Waals surface area contributed by atoms with Crippen LogP contribution in [-0.2, 0) is 4.79 Å². The van der Waals surface area contributed by atoms with Gasteiger partial charge in [0.15, 0.2) is 0 Å². The molecule has 0 radical (unpaired) electrons. The second-order valence-electron chi connectivity index (χ2n) is 7.33. The fourth-order valence-electron chi connectivity index (χ4n) is 3.59. The van der Waals surface area contributed by atoms with Crippen LogP contribution in [0.25, 0.3) is 0 Å². The fourth-order valence-corrected chi connectivity index (χ4v) is 3.59. The molecule has 0 aliphatic carbocycles. The molecule has 0 aromatic carbocycles. The number of piperidine rings is 2. The molecular weight excluding hydrogens is 284 g/mol. The number of carbonyl (C=O) groups excluding carboxylic acids is 1. The molecule has 2 atom stereocenters. The van der Waals surface area contributed by atoms with Crippen molar-refractivity contribution in [3.8, 4) is 0 Å². The summed E-state index contributed by atoms with van der Waals surface area (Å²) in [6.07, 6.45) is 6.88. The molecule has 2 rings (SSSR count). The van der Waals surface area contributed by atoms with E-state index in [9.17, 15) is 4.79 Å². The predicted octanol–water partition coefficient (Wildman–Crippen LogP) is 3.47. The summed E-state index contributed by atoms with van der Waals surface area (Å²) >= 11 is 0. The number of carbonyl (C=O) groups is 1. The van der Waals surface area contributed by atoms with Crippen LogP contribution < -0.4 is 5.32 Å². The molecule has 2 saturated heterocycles. The molecule has 0 saturated carbocycles. The Labute approximate surface area is 136 Å². The third kappa shape index (κ3) is 5.14. The van der Waals surface area contributed by atoms with Crippen molar-refractivity contribution in [2.24, 2.45) is 17.3 Å². The first kappa shape index (κ1) is 18.8. The molecule has 0 aromatic rings. The van der Waals surface area contributed by atoms with Crippen molar-refractivity contribution in [1.29, 1.82) is 0 Å². The molecule has 0 aromatic heterocycles. The topological polar surface area (TPSA) is 32.3 Å². The zero-order valence-corrected chi connectivity index (χ0v) is 14.8. The molecule has 2 fully saturated rings. The van der Waals surface area contributed by atoms with Crippen LogP contribution in [-0.4, -0.2) is 37.0 Å². The maximum Gasteiger partial charge on any atom is 0.222 e. The van der Waals surface area contributed by atoms with Crippen LogP contribution in [0.3, 0.4) is 0 Å². The highest BCUT2D eigenvalue weighted by Gasteiger charge is 2.31. The van der Waals surface area contributed by atoms with Crippen molar-refractivity contribution in [1.82, 2.24) is 10.2 Å². The standard InChI is InChI=1S/C17H32N2O.ClH/c1-4-17(3)7-10-19(11-8-17)16(20)12-14(2)15-6-5-9-18-13-15;/h14-15,18H,4-13H2,1-3H3;1H. The fraction of sp³-hybridized carbons (Fsp3) is 0.941. The molecule has 21 heavy (non-hydrogen) atoms. The van der Waals surface area contributed by atoms with E-state index in [0.29, 0.717) is 23.2 Å². The molecular formula is C17H33ClN2O. The summed E-state index contributed by atoms with van der Waals surface area (Å²) in [5.41, 5.74) is 0.468. The SMILES string of the molecule is CCC1(C)CCN(C(=O)CC(C)C2CCCNC2)CC1.Cl. The van der Waals surface area contributed by atoms with Gasteiger partial charge in [-0.25, -0.2) is 0 Å². The molecule has 3 nitrogen and oxygen atoms in total. The number of nitrogens with one attached hydrogen (secondary N) is 1. The average Bonchev–Trinajstić information content (AvgIpc) is 2.48. The summed E-state index contributed by atoms with van der Waals surface area (Å²) < 4.78 is 0. The lowest BCUT2D eigenvalue weighted by atomic mass is 9.78. The van der Waals surface area contributed by atoms with E-state index in [4.69, 9.17) is 0 Å². The Bertz CT molecular complexity index is 321. The van der Waals surface area contributed by atoms with E-state index >= 15 is 0 Å². The van der Waals surface area contributed by atoms with Gasteiger partial charge in [0.2, 0.25) is 5.91 Å². The summed E-state index contributed by atoms with van der Waals surface area (Å²) in [5.74, 6) is 1.61. The smallest absolute Gasteiger partial charge is 0.222 e. The van der Waals surface area contributed by atoms with Gasteiger partial charge in [-0.05, 0) is 56.0 Å². The highest BCUT2D eigenvalue weighted by molar-refractivity contribution is 5.85. The zero-order valence-electron chi connectivity index (χ0n) is 14.0. The third-order valence-corrected chi connectivity index (χ3v) is 5.81. The minimum absolute atomic E-state index is 0. The van der Waals surface area contributed by atoms with E-state index in [0.717, 1.165) is 32.6 Å². The van der Waals surface area contributed by atoms with Gasteiger partial charge < -0.3 is 10.2 Å². The third-order valence-electron chi connectivity index (χ3n) is 5.81. The van der Waals surface area contributed by atoms with Crippen molar-refractivity contribution in [2.75, 3.05) is 26.2 Å². The van der Waals surface area contributed by atoms with Gasteiger partial charge in [-0.3, -0.25) is 4.79 Å². The minimum atomic E-state index is 0. The maximum absolute atomic E-state index is 12.5. The van der Waals surface area contributed by atoms with Crippen LogP contribution in [0.5, 0.6) is 0 Å². The van der Waals surface area contributed by atoms with E-state index in [-0.39, 0.29) is 12.4 Å². The van der Waals surface area contributed by atoms with Crippen LogP contribution >= 0.6 is 12.4 Å². The van der Waals surface area contributed by atoms with Gasteiger partial charge >= 0.3 is 0 Å². The van der Waals surface area contributed by atoms with E-state index in [1.807, 2.05) is 0 Å². The van der Waals surface area contributed by atoms with E-state index in [1.165, 1.54) is 32.1 Å². The first-order chi connectivity index (χ1) is 9.54. The highest BCUT2D eigenvalue weighted by Crippen LogP contribution is 2.34. The van der Waals surface area contributed by atoms with Gasteiger partial charge in [0.25, 0.3) is 0 Å². The molecule has 2 unspecified atom stereocenters. The summed E-state index contributed by atoms with van der Waals surface area (Å²) in [5, 5.41) is 3.46. The summed E-state index contributed by atoms with van der Waals surface area (Å²) in [6, 6.07) is 0. The minimum Gasteiger partial charge on any atom is -0.343 e. The van der Waals surface area contributed by atoms with Crippen LogP contribution in [0, 0.1) is 17.3 Å². The molecule has 2 aliphatic heterocycles. The Kier molecular flexibility index (Phi) is 7.49. The molecule has 0 bridgehead atoms. The van der Waals surface area contributed by atoms with E-state index < -0.39 is 0 Å². The predicted molar refractivity (Wildman–Crippen MR) is 90.8 cm³/mol. The number of amides is 1. The Morgan fingerprint density at radius 1 is 1.38 bits per heavy atom. The zero-order chi connectivity index (χ0) is 14.6. The van der Waals surface area contributed by atoms with Crippen LogP contribution in [0.1, 0.15) is 59.3 Å². The Morgan fingerprint density at radius 2 is 2.05 bits per heavy atom. The number of hydrogen-bond donors (Lipinski definition) is 1. The molecule has 124 valence electrons. The lowest BCUT2D eigenvalue weighted by Gasteiger charge is -2.39. The maximum atomic E-state index is 12.5. The monoisotopic (exact) mass is 316 g/mol. The largest absolute Gasteiger partial charge is 0.343 e. The van der Waals surface area contributed by atoms with Crippen LogP contribution in [0.4, 0.5) is 0 Å². The summed E-state index contributed by atoms with van der Waals surface area (Å²) in [4.78, 5) is 14.6. The second-order valence-corrected chi connectivity index (χ2v) is 7.33. The second kappa shape index (κ2) is 8.38. The van der Waals surface area contributed by atoms with Gasteiger partial charge in [-0.15, -0.1) is 12.4 Å². The molecule has 1 amide bonds. The number of likely N-dealkylation sites (tertiary alicyclic amines) is 1. The first-order valence-corrected chi connectivity index (χ1v) is 8.52. The Morgan fingerprint density at radius 3 is 2.57 bits per heavy atom. The Balaban J connectivity index is 0.00000220. The normalized spacial score (nSPS) is 26.8. The van der Waals surface area contributed by atoms with Crippen molar-refractivity contribution < 1.29 is 4.79 Å². The van der Waals surface area contributed by atoms with Gasteiger partial charge in [0.05, 0.1) is 0 Å². The van der Waals surface area contributed by atoms with E-state index in [2.05, 4.69) is 31.0 Å².